The SMILES string of the molecule is CCOc1cccc(-c2ccc([N+]34C(=O)[C@H]5CCCC[C@H]5C(=O)C3C4C)cc2COC2CCCC2)c1F. The van der Waals surface area contributed by atoms with Crippen LogP contribution in [0.1, 0.15) is 70.8 Å². The summed E-state index contributed by atoms with van der Waals surface area (Å²) < 4.78 is 27.4. The van der Waals surface area contributed by atoms with Crippen molar-refractivity contribution in [1.82, 2.24) is 4.48 Å². The van der Waals surface area contributed by atoms with Crippen LogP contribution in [0.2, 0.25) is 0 Å². The molecule has 6 heteroatoms. The molecule has 4 aliphatic rings. The van der Waals surface area contributed by atoms with Gasteiger partial charge in [0.2, 0.25) is 11.8 Å². The smallest absolute Gasteiger partial charge is 0.323 e. The first-order valence-corrected chi connectivity index (χ1v) is 14.1. The van der Waals surface area contributed by atoms with Gasteiger partial charge >= 0.3 is 5.91 Å². The van der Waals surface area contributed by atoms with Crippen molar-refractivity contribution < 1.29 is 23.5 Å². The van der Waals surface area contributed by atoms with E-state index in [1.807, 2.05) is 32.0 Å². The Bertz CT molecular complexity index is 1220. The predicted octanol–water partition coefficient (Wildman–Crippen LogP) is 6.34. The zero-order chi connectivity index (χ0) is 25.7. The van der Waals surface area contributed by atoms with Crippen LogP contribution in [0.25, 0.3) is 11.1 Å². The van der Waals surface area contributed by atoms with E-state index >= 15 is 4.39 Å². The molecule has 37 heavy (non-hydrogen) atoms. The average molecular weight is 507 g/mol. The topological polar surface area (TPSA) is 52.6 Å². The number of fused-ring (bicyclic) bond motifs is 2. The van der Waals surface area contributed by atoms with Crippen molar-refractivity contribution >= 4 is 17.4 Å². The molecule has 4 fully saturated rings. The predicted molar refractivity (Wildman–Crippen MR) is 141 cm³/mol. The number of hydrogen-bond acceptors (Lipinski definition) is 4. The quantitative estimate of drug-likeness (QED) is 0.325. The molecule has 1 amide bonds. The molecule has 6 rings (SSSR count). The Hall–Kier alpha value is -2.57. The van der Waals surface area contributed by atoms with Crippen molar-refractivity contribution in [3.8, 4) is 16.9 Å². The van der Waals surface area contributed by atoms with Crippen LogP contribution in [-0.2, 0) is 20.9 Å². The molecule has 2 saturated carbocycles. The number of quaternary nitrogens is 1. The number of halogens is 1. The van der Waals surface area contributed by atoms with Gasteiger partial charge in [-0.15, -0.1) is 0 Å². The lowest BCUT2D eigenvalue weighted by atomic mass is 9.73. The van der Waals surface area contributed by atoms with Gasteiger partial charge in [0, 0.05) is 23.6 Å². The minimum atomic E-state index is -0.390. The van der Waals surface area contributed by atoms with E-state index in [0.29, 0.717) is 18.8 Å². The van der Waals surface area contributed by atoms with Crippen LogP contribution >= 0.6 is 0 Å². The van der Waals surface area contributed by atoms with Crippen LogP contribution in [0.3, 0.4) is 0 Å². The van der Waals surface area contributed by atoms with E-state index in [4.69, 9.17) is 9.47 Å². The fourth-order valence-electron chi connectivity index (χ4n) is 7.49. The Morgan fingerprint density at radius 3 is 2.43 bits per heavy atom. The largest absolute Gasteiger partial charge is 0.491 e. The van der Waals surface area contributed by atoms with E-state index < -0.39 is 5.82 Å². The number of nitrogens with zero attached hydrogens (tertiary/aromatic N) is 1. The molecule has 5 nitrogen and oxygen atoms in total. The third-order valence-electron chi connectivity index (χ3n) is 9.40. The first-order valence-electron chi connectivity index (χ1n) is 14.1. The number of ether oxygens (including phenoxy) is 2. The minimum absolute atomic E-state index is 0.0573. The molecule has 2 aliphatic carbocycles. The summed E-state index contributed by atoms with van der Waals surface area (Å²) >= 11 is 0. The molecular formula is C31H37FNO4+. The standard InChI is InChI=1S/C31H37FNO4/c1-3-36-27-14-8-13-24(28(27)32)23-16-15-21(17-20(23)18-37-22-9-4-5-10-22)33-19(2)29(33)30(34)25-11-6-7-12-26(25)31(33)35/h8,13-17,19,22,25-26,29H,3-7,9-12,18H2,1-2H3/q+1/t19?,25-,26+,29?,33?/m1/s1. The Morgan fingerprint density at radius 1 is 0.946 bits per heavy atom. The number of Topliss-reactive ketones (excluding diaryl/α,β-unsaturated/α-hetero) is 1. The molecule has 2 aromatic carbocycles. The highest BCUT2D eigenvalue weighted by Crippen LogP contribution is 2.55. The molecule has 196 valence electrons. The second-order valence-corrected chi connectivity index (χ2v) is 11.3. The fraction of sp³-hybridized carbons (Fsp3) is 0.548. The van der Waals surface area contributed by atoms with Crippen molar-refractivity contribution in [2.45, 2.75) is 90.0 Å². The summed E-state index contributed by atoms with van der Waals surface area (Å²) in [7, 11) is 0. The van der Waals surface area contributed by atoms with Crippen molar-refractivity contribution in [2.75, 3.05) is 6.61 Å². The Balaban J connectivity index is 1.41. The van der Waals surface area contributed by atoms with Crippen LogP contribution < -0.4 is 9.22 Å². The summed E-state index contributed by atoms with van der Waals surface area (Å²) in [5, 5.41) is 0. The Morgan fingerprint density at radius 2 is 1.68 bits per heavy atom. The summed E-state index contributed by atoms with van der Waals surface area (Å²) in [4.78, 5) is 27.5. The van der Waals surface area contributed by atoms with Gasteiger partial charge in [0.05, 0.1) is 25.2 Å². The number of rotatable bonds is 7. The number of ketones is 1. The first kappa shape index (κ1) is 24.7. The van der Waals surface area contributed by atoms with Crippen molar-refractivity contribution in [3.63, 3.8) is 0 Å². The highest BCUT2D eigenvalue weighted by atomic mass is 19.1. The molecule has 0 bridgehead atoms. The normalized spacial score (nSPS) is 31.2. The maximum absolute atomic E-state index is 15.5. The molecule has 0 aromatic heterocycles. The molecule has 3 unspecified atom stereocenters. The highest BCUT2D eigenvalue weighted by Gasteiger charge is 2.78. The van der Waals surface area contributed by atoms with Gasteiger partial charge in [0.25, 0.3) is 0 Å². The van der Waals surface area contributed by atoms with Crippen LogP contribution in [-0.4, -0.2) is 36.5 Å². The first-order chi connectivity index (χ1) is 18.0. The van der Waals surface area contributed by atoms with Crippen LogP contribution in [0.4, 0.5) is 10.1 Å². The van der Waals surface area contributed by atoms with Gasteiger partial charge in [-0.05, 0) is 62.8 Å². The minimum Gasteiger partial charge on any atom is -0.491 e. The molecule has 2 aliphatic heterocycles. The number of benzene rings is 2. The third-order valence-corrected chi connectivity index (χ3v) is 9.40. The molecule has 0 N–H and O–H groups in total. The van der Waals surface area contributed by atoms with E-state index in [9.17, 15) is 9.59 Å². The summed E-state index contributed by atoms with van der Waals surface area (Å²) in [5.41, 5.74) is 2.91. The lowest BCUT2D eigenvalue weighted by molar-refractivity contribution is -0.144. The number of hydrogen-bond donors (Lipinski definition) is 0. The van der Waals surface area contributed by atoms with Gasteiger partial charge in [-0.25, -0.2) is 13.7 Å². The van der Waals surface area contributed by atoms with Gasteiger partial charge in [-0.1, -0.05) is 37.8 Å². The van der Waals surface area contributed by atoms with Gasteiger partial charge in [0.15, 0.2) is 17.6 Å². The molecule has 5 atom stereocenters. The van der Waals surface area contributed by atoms with Crippen LogP contribution in [0.5, 0.6) is 5.75 Å². The van der Waals surface area contributed by atoms with E-state index in [2.05, 4.69) is 0 Å². The molecule has 0 spiro atoms. The number of piperidine rings is 1. The van der Waals surface area contributed by atoms with Gasteiger partial charge in [0.1, 0.15) is 5.69 Å². The summed E-state index contributed by atoms with van der Waals surface area (Å²) in [5.74, 6) is 0.0108. The van der Waals surface area contributed by atoms with Gasteiger partial charge in [-0.3, -0.25) is 4.79 Å². The lowest BCUT2D eigenvalue weighted by Gasteiger charge is -2.35. The zero-order valence-corrected chi connectivity index (χ0v) is 21.9. The van der Waals surface area contributed by atoms with Crippen LogP contribution in [0.15, 0.2) is 36.4 Å². The molecule has 0 radical (unpaired) electrons. The second-order valence-electron chi connectivity index (χ2n) is 11.3. The number of carbonyl (C=O) groups excluding carboxylic acids is 2. The highest BCUT2D eigenvalue weighted by molar-refractivity contribution is 6.11. The van der Waals surface area contributed by atoms with Gasteiger partial charge < -0.3 is 9.47 Å². The van der Waals surface area contributed by atoms with E-state index in [1.165, 1.54) is 12.8 Å². The van der Waals surface area contributed by atoms with Crippen molar-refractivity contribution in [3.05, 3.63) is 47.8 Å². The maximum atomic E-state index is 15.5. The van der Waals surface area contributed by atoms with Gasteiger partial charge in [-0.2, -0.15) is 0 Å². The summed E-state index contributed by atoms with van der Waals surface area (Å²) in [6.45, 7) is 4.60. The van der Waals surface area contributed by atoms with Crippen molar-refractivity contribution in [1.29, 1.82) is 0 Å². The monoisotopic (exact) mass is 506 g/mol. The summed E-state index contributed by atoms with van der Waals surface area (Å²) in [6.07, 6.45) is 8.31. The Labute approximate surface area is 218 Å². The molecule has 2 heterocycles. The fourth-order valence-corrected chi connectivity index (χ4v) is 7.49. The van der Waals surface area contributed by atoms with Crippen molar-refractivity contribution in [2.24, 2.45) is 11.8 Å². The zero-order valence-electron chi connectivity index (χ0n) is 21.9. The summed E-state index contributed by atoms with van der Waals surface area (Å²) in [6, 6.07) is 10.7. The average Bonchev–Trinajstić information content (AvgIpc) is 3.24. The molecule has 2 aromatic rings. The second kappa shape index (κ2) is 9.63. The van der Waals surface area contributed by atoms with E-state index in [1.54, 1.807) is 18.2 Å². The van der Waals surface area contributed by atoms with E-state index in [0.717, 1.165) is 55.3 Å². The molecule has 2 saturated heterocycles. The third kappa shape index (κ3) is 3.87. The maximum Gasteiger partial charge on any atom is 0.323 e. The van der Waals surface area contributed by atoms with Crippen LogP contribution in [0, 0.1) is 17.7 Å². The number of carbonyl (C=O) groups is 2. The molecular weight excluding hydrogens is 469 g/mol. The Kier molecular flexibility index (Phi) is 6.44. The lowest BCUT2D eigenvalue weighted by Crippen LogP contribution is -2.54. The van der Waals surface area contributed by atoms with E-state index in [-0.39, 0.29) is 51.9 Å². The number of amides is 1.